The fourth-order valence-corrected chi connectivity index (χ4v) is 2.45. The van der Waals surface area contributed by atoms with Crippen molar-refractivity contribution >= 4 is 5.97 Å². The first kappa shape index (κ1) is 7.10. The van der Waals surface area contributed by atoms with E-state index in [9.17, 15) is 4.79 Å². The first-order valence-corrected chi connectivity index (χ1v) is 4.22. The van der Waals surface area contributed by atoms with Crippen molar-refractivity contribution in [3.63, 3.8) is 0 Å². The maximum absolute atomic E-state index is 10.7. The van der Waals surface area contributed by atoms with Crippen molar-refractivity contribution in [2.24, 2.45) is 17.8 Å². The number of carboxylic acid groups (broad SMARTS) is 1. The van der Waals surface area contributed by atoms with Gasteiger partial charge in [-0.05, 0) is 37.8 Å². The van der Waals surface area contributed by atoms with Crippen LogP contribution in [0.2, 0.25) is 0 Å². The first-order chi connectivity index (χ1) is 5.29. The van der Waals surface area contributed by atoms with Gasteiger partial charge in [0.25, 0.3) is 0 Å². The van der Waals surface area contributed by atoms with Gasteiger partial charge in [-0.1, -0.05) is 0 Å². The molecule has 62 valence electrons. The summed E-state index contributed by atoms with van der Waals surface area (Å²) in [5, 5.41) is 12.1. The average Bonchev–Trinajstić information content (AvgIpc) is 2.41. The maximum Gasteiger partial charge on any atom is 0.306 e. The highest BCUT2D eigenvalue weighted by molar-refractivity contribution is 5.71. The van der Waals surface area contributed by atoms with E-state index in [0.717, 1.165) is 25.9 Å². The third-order valence-electron chi connectivity index (χ3n) is 3.07. The van der Waals surface area contributed by atoms with Crippen LogP contribution in [0.3, 0.4) is 0 Å². The molecule has 2 aliphatic rings. The molecule has 3 nitrogen and oxygen atoms in total. The Morgan fingerprint density at radius 2 is 2.18 bits per heavy atom. The normalized spacial score (nSPS) is 42.4. The number of hydrogen-bond acceptors (Lipinski definition) is 2. The van der Waals surface area contributed by atoms with Gasteiger partial charge in [-0.25, -0.2) is 0 Å². The molecule has 1 saturated heterocycles. The molecule has 0 aromatic heterocycles. The molecule has 0 bridgehead atoms. The molecule has 2 rings (SSSR count). The SMILES string of the molecule is O=C(O)[C@@H]1CC[C@@H]2CNC[C@H]21. The third-order valence-corrected chi connectivity index (χ3v) is 3.07. The van der Waals surface area contributed by atoms with Crippen molar-refractivity contribution in [3.8, 4) is 0 Å². The summed E-state index contributed by atoms with van der Waals surface area (Å²) in [5.74, 6) is 0.416. The Labute approximate surface area is 65.8 Å². The summed E-state index contributed by atoms with van der Waals surface area (Å²) in [7, 11) is 0. The summed E-state index contributed by atoms with van der Waals surface area (Å²) < 4.78 is 0. The molecular formula is C8H13NO2. The van der Waals surface area contributed by atoms with E-state index in [1.165, 1.54) is 0 Å². The van der Waals surface area contributed by atoms with Gasteiger partial charge < -0.3 is 10.4 Å². The summed E-state index contributed by atoms with van der Waals surface area (Å²) in [5.41, 5.74) is 0. The van der Waals surface area contributed by atoms with E-state index in [4.69, 9.17) is 5.11 Å². The smallest absolute Gasteiger partial charge is 0.306 e. The van der Waals surface area contributed by atoms with Crippen LogP contribution in [0.5, 0.6) is 0 Å². The van der Waals surface area contributed by atoms with Gasteiger partial charge in [-0.15, -0.1) is 0 Å². The maximum atomic E-state index is 10.7. The zero-order chi connectivity index (χ0) is 7.84. The lowest BCUT2D eigenvalue weighted by atomic mass is 9.93. The molecule has 1 heterocycles. The van der Waals surface area contributed by atoms with Crippen LogP contribution in [0.1, 0.15) is 12.8 Å². The summed E-state index contributed by atoms with van der Waals surface area (Å²) in [6.07, 6.45) is 2.00. The van der Waals surface area contributed by atoms with E-state index in [1.807, 2.05) is 0 Å². The molecule has 0 amide bonds. The lowest BCUT2D eigenvalue weighted by Crippen LogP contribution is -2.22. The lowest BCUT2D eigenvalue weighted by Gasteiger charge is -2.11. The van der Waals surface area contributed by atoms with Crippen LogP contribution in [0, 0.1) is 17.8 Å². The molecule has 2 fully saturated rings. The largest absolute Gasteiger partial charge is 0.481 e. The Bertz CT molecular complexity index is 181. The second-order valence-electron chi connectivity index (χ2n) is 3.60. The molecular weight excluding hydrogens is 142 g/mol. The summed E-state index contributed by atoms with van der Waals surface area (Å²) >= 11 is 0. The molecule has 3 atom stereocenters. The molecule has 0 unspecified atom stereocenters. The quantitative estimate of drug-likeness (QED) is 0.573. The molecule has 2 N–H and O–H groups in total. The Hall–Kier alpha value is -0.570. The molecule has 0 aromatic rings. The van der Waals surface area contributed by atoms with Crippen molar-refractivity contribution in [2.75, 3.05) is 13.1 Å². The number of hydrogen-bond donors (Lipinski definition) is 2. The zero-order valence-corrected chi connectivity index (χ0v) is 6.42. The van der Waals surface area contributed by atoms with Crippen molar-refractivity contribution in [1.82, 2.24) is 5.32 Å². The second-order valence-corrected chi connectivity index (χ2v) is 3.60. The standard InChI is InChI=1S/C8H13NO2/c10-8(11)6-2-1-5-3-9-4-7(5)6/h5-7,9H,1-4H2,(H,10,11)/t5-,6-,7-/m1/s1. The molecule has 1 aliphatic heterocycles. The van der Waals surface area contributed by atoms with Gasteiger partial charge >= 0.3 is 5.97 Å². The minimum absolute atomic E-state index is 0.0602. The summed E-state index contributed by atoms with van der Waals surface area (Å²) in [4.78, 5) is 10.7. The number of aliphatic carboxylic acids is 1. The number of carboxylic acids is 1. The van der Waals surface area contributed by atoms with Gasteiger partial charge in [-0.2, -0.15) is 0 Å². The molecule has 0 spiro atoms. The van der Waals surface area contributed by atoms with Gasteiger partial charge in [0.2, 0.25) is 0 Å². The van der Waals surface area contributed by atoms with Crippen molar-refractivity contribution < 1.29 is 9.90 Å². The highest BCUT2D eigenvalue weighted by atomic mass is 16.4. The van der Waals surface area contributed by atoms with Gasteiger partial charge in [-0.3, -0.25) is 4.79 Å². The fourth-order valence-electron chi connectivity index (χ4n) is 2.45. The number of fused-ring (bicyclic) bond motifs is 1. The van der Waals surface area contributed by atoms with Gasteiger partial charge in [0.1, 0.15) is 0 Å². The van der Waals surface area contributed by atoms with Crippen LogP contribution in [-0.4, -0.2) is 24.2 Å². The topological polar surface area (TPSA) is 49.3 Å². The van der Waals surface area contributed by atoms with Crippen LogP contribution in [0.4, 0.5) is 0 Å². The molecule has 0 radical (unpaired) electrons. The Morgan fingerprint density at radius 1 is 1.36 bits per heavy atom. The van der Waals surface area contributed by atoms with Gasteiger partial charge in [0, 0.05) is 0 Å². The third kappa shape index (κ3) is 1.03. The Balaban J connectivity index is 2.08. The second kappa shape index (κ2) is 2.48. The lowest BCUT2D eigenvalue weighted by molar-refractivity contribution is -0.142. The first-order valence-electron chi connectivity index (χ1n) is 4.22. The van der Waals surface area contributed by atoms with E-state index in [-0.39, 0.29) is 5.92 Å². The molecule has 1 aliphatic carbocycles. The average molecular weight is 155 g/mol. The predicted molar refractivity (Wildman–Crippen MR) is 40.2 cm³/mol. The van der Waals surface area contributed by atoms with Crippen LogP contribution in [-0.2, 0) is 4.79 Å². The predicted octanol–water partition coefficient (Wildman–Crippen LogP) is 0.317. The number of nitrogens with one attached hydrogen (secondary N) is 1. The summed E-state index contributed by atoms with van der Waals surface area (Å²) in [6, 6.07) is 0. The van der Waals surface area contributed by atoms with Gasteiger partial charge in [0.05, 0.1) is 5.92 Å². The molecule has 0 aromatic carbocycles. The van der Waals surface area contributed by atoms with E-state index < -0.39 is 5.97 Å². The minimum atomic E-state index is -0.596. The monoisotopic (exact) mass is 155 g/mol. The van der Waals surface area contributed by atoms with E-state index >= 15 is 0 Å². The van der Waals surface area contributed by atoms with Crippen LogP contribution in [0.25, 0.3) is 0 Å². The Kier molecular flexibility index (Phi) is 1.60. The van der Waals surface area contributed by atoms with Crippen LogP contribution < -0.4 is 5.32 Å². The van der Waals surface area contributed by atoms with E-state index in [1.54, 1.807) is 0 Å². The highest BCUT2D eigenvalue weighted by Gasteiger charge is 2.42. The molecule has 11 heavy (non-hydrogen) atoms. The van der Waals surface area contributed by atoms with Gasteiger partial charge in [0.15, 0.2) is 0 Å². The van der Waals surface area contributed by atoms with Crippen molar-refractivity contribution in [1.29, 1.82) is 0 Å². The number of rotatable bonds is 1. The minimum Gasteiger partial charge on any atom is -0.481 e. The fraction of sp³-hybridized carbons (Fsp3) is 0.875. The molecule has 3 heteroatoms. The highest BCUT2D eigenvalue weighted by Crippen LogP contribution is 2.39. The van der Waals surface area contributed by atoms with E-state index in [0.29, 0.717) is 11.8 Å². The number of carbonyl (C=O) groups is 1. The van der Waals surface area contributed by atoms with Crippen LogP contribution >= 0.6 is 0 Å². The van der Waals surface area contributed by atoms with Crippen molar-refractivity contribution in [2.45, 2.75) is 12.8 Å². The van der Waals surface area contributed by atoms with Crippen LogP contribution in [0.15, 0.2) is 0 Å². The van der Waals surface area contributed by atoms with E-state index in [2.05, 4.69) is 5.32 Å². The zero-order valence-electron chi connectivity index (χ0n) is 6.42. The van der Waals surface area contributed by atoms with Crippen molar-refractivity contribution in [3.05, 3.63) is 0 Å². The summed E-state index contributed by atoms with van der Waals surface area (Å²) in [6.45, 7) is 1.95. The molecule has 1 saturated carbocycles. The Morgan fingerprint density at radius 3 is 2.91 bits per heavy atom.